The molecule has 68 valence electrons. The number of hydrogen-bond acceptors (Lipinski definition) is 2. The molecule has 1 aliphatic carbocycles. The Balaban J connectivity index is 2.04. The molecule has 3 nitrogen and oxygen atoms in total. The summed E-state index contributed by atoms with van der Waals surface area (Å²) in [6, 6.07) is 0.923. The van der Waals surface area contributed by atoms with Gasteiger partial charge in [0.25, 0.3) is 0 Å². The van der Waals surface area contributed by atoms with Crippen molar-refractivity contribution in [1.82, 2.24) is 10.6 Å². The van der Waals surface area contributed by atoms with Crippen molar-refractivity contribution in [2.24, 2.45) is 5.92 Å². The van der Waals surface area contributed by atoms with Crippen molar-refractivity contribution in [2.75, 3.05) is 6.54 Å². The molecule has 0 spiro atoms. The molecule has 3 atom stereocenters. The molecular formula is C9H16N2O. The molecule has 0 bridgehead atoms. The second kappa shape index (κ2) is 3.05. The van der Waals surface area contributed by atoms with Crippen LogP contribution in [0.1, 0.15) is 26.2 Å². The van der Waals surface area contributed by atoms with Crippen LogP contribution in [0.5, 0.6) is 0 Å². The van der Waals surface area contributed by atoms with E-state index in [0.29, 0.717) is 24.5 Å². The summed E-state index contributed by atoms with van der Waals surface area (Å²) in [4.78, 5) is 11.1. The van der Waals surface area contributed by atoms with Crippen molar-refractivity contribution in [3.8, 4) is 0 Å². The van der Waals surface area contributed by atoms with E-state index in [1.807, 2.05) is 0 Å². The maximum absolute atomic E-state index is 11.1. The Morgan fingerprint density at radius 2 is 2.25 bits per heavy atom. The molecular weight excluding hydrogens is 152 g/mol. The predicted molar refractivity (Wildman–Crippen MR) is 46.7 cm³/mol. The molecule has 2 fully saturated rings. The number of hydrogen-bond donors (Lipinski definition) is 2. The van der Waals surface area contributed by atoms with Crippen LogP contribution < -0.4 is 10.6 Å². The molecule has 2 N–H and O–H groups in total. The minimum atomic E-state index is 0.158. The number of fused-ring (bicyclic) bond motifs is 1. The zero-order valence-corrected chi connectivity index (χ0v) is 7.47. The highest BCUT2D eigenvalue weighted by atomic mass is 16.2. The predicted octanol–water partition coefficient (Wildman–Crippen LogP) is 0.263. The topological polar surface area (TPSA) is 41.1 Å². The second-order valence-corrected chi connectivity index (χ2v) is 3.99. The molecule has 2 rings (SSSR count). The number of piperazine rings is 1. The lowest BCUT2D eigenvalue weighted by molar-refractivity contribution is -0.123. The minimum Gasteiger partial charge on any atom is -0.351 e. The largest absolute Gasteiger partial charge is 0.351 e. The van der Waals surface area contributed by atoms with Crippen molar-refractivity contribution < 1.29 is 4.79 Å². The van der Waals surface area contributed by atoms with Crippen LogP contribution in [0.4, 0.5) is 0 Å². The number of carbonyl (C=O) groups excluding carboxylic acids is 1. The van der Waals surface area contributed by atoms with Crippen LogP contribution in [0.25, 0.3) is 0 Å². The minimum absolute atomic E-state index is 0.158. The highest BCUT2D eigenvalue weighted by molar-refractivity contribution is 5.79. The molecule has 12 heavy (non-hydrogen) atoms. The number of carbonyl (C=O) groups is 1. The first kappa shape index (κ1) is 8.05. The van der Waals surface area contributed by atoms with Gasteiger partial charge in [0.15, 0.2) is 0 Å². The van der Waals surface area contributed by atoms with E-state index in [1.54, 1.807) is 0 Å². The van der Waals surface area contributed by atoms with E-state index in [1.165, 1.54) is 12.8 Å². The molecule has 1 saturated heterocycles. The summed E-state index contributed by atoms with van der Waals surface area (Å²) in [7, 11) is 0. The molecule has 3 heteroatoms. The van der Waals surface area contributed by atoms with Gasteiger partial charge in [0.05, 0.1) is 6.54 Å². The fourth-order valence-electron chi connectivity index (χ4n) is 2.39. The van der Waals surface area contributed by atoms with E-state index < -0.39 is 0 Å². The van der Waals surface area contributed by atoms with Crippen molar-refractivity contribution in [2.45, 2.75) is 38.3 Å². The van der Waals surface area contributed by atoms with Gasteiger partial charge in [0.1, 0.15) is 0 Å². The van der Waals surface area contributed by atoms with Gasteiger partial charge >= 0.3 is 0 Å². The summed E-state index contributed by atoms with van der Waals surface area (Å²) in [5.74, 6) is 0.870. The highest BCUT2D eigenvalue weighted by Crippen LogP contribution is 2.25. The van der Waals surface area contributed by atoms with Gasteiger partial charge in [-0.05, 0) is 18.8 Å². The van der Waals surface area contributed by atoms with Crippen molar-refractivity contribution in [3.63, 3.8) is 0 Å². The van der Waals surface area contributed by atoms with Crippen LogP contribution in [0.3, 0.4) is 0 Å². The first-order valence-electron chi connectivity index (χ1n) is 4.80. The smallest absolute Gasteiger partial charge is 0.234 e. The zero-order valence-electron chi connectivity index (χ0n) is 7.47. The lowest BCUT2D eigenvalue weighted by Gasteiger charge is -2.40. The van der Waals surface area contributed by atoms with Crippen LogP contribution >= 0.6 is 0 Å². The molecule has 1 heterocycles. The maximum atomic E-state index is 11.1. The Kier molecular flexibility index (Phi) is 2.05. The Morgan fingerprint density at radius 1 is 1.42 bits per heavy atom. The maximum Gasteiger partial charge on any atom is 0.234 e. The third-order valence-corrected chi connectivity index (χ3v) is 3.07. The van der Waals surface area contributed by atoms with Gasteiger partial charge < -0.3 is 10.6 Å². The van der Waals surface area contributed by atoms with E-state index in [-0.39, 0.29) is 5.91 Å². The molecule has 0 aromatic carbocycles. The van der Waals surface area contributed by atoms with Crippen LogP contribution in [0.15, 0.2) is 0 Å². The van der Waals surface area contributed by atoms with Crippen molar-refractivity contribution in [3.05, 3.63) is 0 Å². The Hall–Kier alpha value is -0.570. The van der Waals surface area contributed by atoms with E-state index >= 15 is 0 Å². The summed E-state index contributed by atoms with van der Waals surface area (Å²) < 4.78 is 0. The van der Waals surface area contributed by atoms with Crippen LogP contribution in [-0.4, -0.2) is 24.5 Å². The number of amides is 1. The molecule has 3 unspecified atom stereocenters. The van der Waals surface area contributed by atoms with Gasteiger partial charge in [-0.1, -0.05) is 13.3 Å². The Labute approximate surface area is 72.9 Å². The third kappa shape index (κ3) is 1.33. The highest BCUT2D eigenvalue weighted by Gasteiger charge is 2.34. The fourth-order valence-corrected chi connectivity index (χ4v) is 2.39. The van der Waals surface area contributed by atoms with Crippen molar-refractivity contribution >= 4 is 5.91 Å². The monoisotopic (exact) mass is 168 g/mol. The van der Waals surface area contributed by atoms with E-state index in [4.69, 9.17) is 0 Å². The van der Waals surface area contributed by atoms with Crippen LogP contribution in [0, 0.1) is 5.92 Å². The summed E-state index contributed by atoms with van der Waals surface area (Å²) >= 11 is 0. The SMILES string of the molecule is CC1CCCC2NC(=O)CNC12. The third-order valence-electron chi connectivity index (χ3n) is 3.07. The molecule has 0 radical (unpaired) electrons. The standard InChI is InChI=1S/C9H16N2O/c1-6-3-2-4-7-9(6)10-5-8(12)11-7/h6-7,9-10H,2-5H2,1H3,(H,11,12). The van der Waals surface area contributed by atoms with Crippen LogP contribution in [0.2, 0.25) is 0 Å². The summed E-state index contributed by atoms with van der Waals surface area (Å²) in [5.41, 5.74) is 0. The van der Waals surface area contributed by atoms with Crippen molar-refractivity contribution in [1.29, 1.82) is 0 Å². The molecule has 1 amide bonds. The lowest BCUT2D eigenvalue weighted by Crippen LogP contribution is -2.62. The zero-order chi connectivity index (χ0) is 8.55. The van der Waals surface area contributed by atoms with E-state index in [9.17, 15) is 4.79 Å². The summed E-state index contributed by atoms with van der Waals surface area (Å²) in [5, 5.41) is 6.36. The van der Waals surface area contributed by atoms with E-state index in [0.717, 1.165) is 6.42 Å². The number of nitrogens with one attached hydrogen (secondary N) is 2. The molecule has 2 aliphatic rings. The average molecular weight is 168 g/mol. The van der Waals surface area contributed by atoms with Gasteiger partial charge in [-0.2, -0.15) is 0 Å². The molecule has 0 aromatic heterocycles. The first-order chi connectivity index (χ1) is 5.77. The van der Waals surface area contributed by atoms with Gasteiger partial charge in [-0.15, -0.1) is 0 Å². The van der Waals surface area contributed by atoms with Gasteiger partial charge in [-0.25, -0.2) is 0 Å². The molecule has 1 aliphatic heterocycles. The molecule has 0 aromatic rings. The Morgan fingerprint density at radius 3 is 3.08 bits per heavy atom. The Bertz CT molecular complexity index is 193. The second-order valence-electron chi connectivity index (χ2n) is 3.99. The summed E-state index contributed by atoms with van der Waals surface area (Å²) in [6.07, 6.45) is 3.70. The number of rotatable bonds is 0. The van der Waals surface area contributed by atoms with Gasteiger partial charge in [0, 0.05) is 12.1 Å². The molecule has 1 saturated carbocycles. The fraction of sp³-hybridized carbons (Fsp3) is 0.889. The normalized spacial score (nSPS) is 41.8. The van der Waals surface area contributed by atoms with Gasteiger partial charge in [0.2, 0.25) is 5.91 Å². The van der Waals surface area contributed by atoms with E-state index in [2.05, 4.69) is 17.6 Å². The van der Waals surface area contributed by atoms with Gasteiger partial charge in [-0.3, -0.25) is 4.79 Å². The lowest BCUT2D eigenvalue weighted by atomic mass is 9.81. The average Bonchev–Trinajstić information content (AvgIpc) is 2.04. The first-order valence-corrected chi connectivity index (χ1v) is 4.80. The van der Waals surface area contributed by atoms with Crippen LogP contribution in [-0.2, 0) is 4.79 Å². The quantitative estimate of drug-likeness (QED) is 0.545. The summed E-state index contributed by atoms with van der Waals surface area (Å²) in [6.45, 7) is 2.77.